The second-order valence-electron chi connectivity index (χ2n) is 5.12. The number of ether oxygens (including phenoxy) is 1. The Kier molecular flexibility index (Phi) is 5.80. The molecule has 110 valence electrons. The van der Waals surface area contributed by atoms with Crippen LogP contribution >= 0.6 is 0 Å². The van der Waals surface area contributed by atoms with Gasteiger partial charge in [0, 0.05) is 12.5 Å². The minimum absolute atomic E-state index is 0.0570. The first-order chi connectivity index (χ1) is 9.78. The lowest BCUT2D eigenvalue weighted by Crippen LogP contribution is -2.30. The van der Waals surface area contributed by atoms with Crippen molar-refractivity contribution >= 4 is 11.6 Å². The fourth-order valence-electron chi connectivity index (χ4n) is 2.42. The van der Waals surface area contributed by atoms with Crippen molar-refractivity contribution in [1.82, 2.24) is 10.3 Å². The number of hydrogen-bond acceptors (Lipinski definition) is 4. The molecule has 0 aliphatic carbocycles. The van der Waals surface area contributed by atoms with E-state index in [1.807, 2.05) is 13.0 Å². The van der Waals surface area contributed by atoms with Crippen LogP contribution in [0.1, 0.15) is 32.6 Å². The molecule has 1 fully saturated rings. The van der Waals surface area contributed by atoms with Crippen LogP contribution in [-0.2, 0) is 4.79 Å². The smallest absolute Gasteiger partial charge is 0.224 e. The molecule has 1 aliphatic rings. The zero-order valence-electron chi connectivity index (χ0n) is 12.0. The Hall–Kier alpha value is -1.62. The molecule has 0 saturated carbocycles. The Morgan fingerprint density at radius 2 is 2.45 bits per heavy atom. The van der Waals surface area contributed by atoms with Crippen LogP contribution in [0, 0.1) is 5.92 Å². The summed E-state index contributed by atoms with van der Waals surface area (Å²) < 4.78 is 5.26. The van der Waals surface area contributed by atoms with Gasteiger partial charge in [0.2, 0.25) is 11.8 Å². The number of carbonyl (C=O) groups is 1. The van der Waals surface area contributed by atoms with Gasteiger partial charge in [-0.2, -0.15) is 0 Å². The second kappa shape index (κ2) is 7.85. The van der Waals surface area contributed by atoms with E-state index in [4.69, 9.17) is 4.74 Å². The molecule has 0 spiro atoms. The Balaban J connectivity index is 1.73. The van der Waals surface area contributed by atoms with Gasteiger partial charge in [-0.1, -0.05) is 0 Å². The highest BCUT2D eigenvalue weighted by molar-refractivity contribution is 5.90. The minimum Gasteiger partial charge on any atom is -0.478 e. The van der Waals surface area contributed by atoms with E-state index >= 15 is 0 Å². The van der Waals surface area contributed by atoms with E-state index < -0.39 is 0 Å². The lowest BCUT2D eigenvalue weighted by molar-refractivity contribution is -0.116. The molecule has 5 heteroatoms. The highest BCUT2D eigenvalue weighted by atomic mass is 16.5. The Labute approximate surface area is 120 Å². The van der Waals surface area contributed by atoms with Gasteiger partial charge in [-0.05, 0) is 51.3 Å². The zero-order valence-corrected chi connectivity index (χ0v) is 12.0. The van der Waals surface area contributed by atoms with E-state index in [-0.39, 0.29) is 5.91 Å². The summed E-state index contributed by atoms with van der Waals surface area (Å²) in [6.45, 7) is 4.66. The van der Waals surface area contributed by atoms with Crippen molar-refractivity contribution in [2.75, 3.05) is 25.0 Å². The molecule has 1 unspecified atom stereocenters. The summed E-state index contributed by atoms with van der Waals surface area (Å²) in [6.07, 6.45) is 5.59. The molecule has 0 radical (unpaired) electrons. The highest BCUT2D eigenvalue weighted by Gasteiger charge is 2.14. The lowest BCUT2D eigenvalue weighted by Gasteiger charge is -2.22. The van der Waals surface area contributed by atoms with E-state index in [1.165, 1.54) is 12.8 Å². The molecule has 2 heterocycles. The Morgan fingerprint density at radius 1 is 1.55 bits per heavy atom. The summed E-state index contributed by atoms with van der Waals surface area (Å²) in [4.78, 5) is 16.0. The van der Waals surface area contributed by atoms with E-state index in [9.17, 15) is 4.79 Å². The van der Waals surface area contributed by atoms with Gasteiger partial charge in [0.05, 0.1) is 18.5 Å². The number of amides is 1. The number of nitrogens with one attached hydrogen (secondary N) is 2. The van der Waals surface area contributed by atoms with Crippen LogP contribution in [0.4, 0.5) is 5.69 Å². The molecular formula is C15H23N3O2. The quantitative estimate of drug-likeness (QED) is 0.836. The third-order valence-corrected chi connectivity index (χ3v) is 3.49. The van der Waals surface area contributed by atoms with Crippen molar-refractivity contribution in [2.24, 2.45) is 5.92 Å². The lowest BCUT2D eigenvalue weighted by atomic mass is 9.94. The van der Waals surface area contributed by atoms with Crippen molar-refractivity contribution in [3.63, 3.8) is 0 Å². The van der Waals surface area contributed by atoms with Crippen LogP contribution in [0.3, 0.4) is 0 Å². The van der Waals surface area contributed by atoms with Crippen LogP contribution in [-0.4, -0.2) is 30.6 Å². The zero-order chi connectivity index (χ0) is 14.2. The maximum absolute atomic E-state index is 11.9. The number of carbonyl (C=O) groups excluding carboxylic acids is 1. The van der Waals surface area contributed by atoms with Crippen molar-refractivity contribution < 1.29 is 9.53 Å². The maximum atomic E-state index is 11.9. The molecule has 20 heavy (non-hydrogen) atoms. The summed E-state index contributed by atoms with van der Waals surface area (Å²) in [5.41, 5.74) is 0.722. The van der Waals surface area contributed by atoms with Gasteiger partial charge in [0.15, 0.2) is 0 Å². The average Bonchev–Trinajstić information content (AvgIpc) is 2.49. The Morgan fingerprint density at radius 3 is 3.10 bits per heavy atom. The first-order valence-corrected chi connectivity index (χ1v) is 7.37. The largest absolute Gasteiger partial charge is 0.478 e. The first kappa shape index (κ1) is 14.8. The summed E-state index contributed by atoms with van der Waals surface area (Å²) >= 11 is 0. The van der Waals surface area contributed by atoms with Gasteiger partial charge < -0.3 is 15.4 Å². The van der Waals surface area contributed by atoms with E-state index in [0.29, 0.717) is 24.8 Å². The van der Waals surface area contributed by atoms with E-state index in [2.05, 4.69) is 15.6 Å². The molecule has 2 N–H and O–H groups in total. The second-order valence-corrected chi connectivity index (χ2v) is 5.12. The van der Waals surface area contributed by atoms with Gasteiger partial charge in [-0.15, -0.1) is 0 Å². The SMILES string of the molecule is CCOc1ccc(NC(=O)CCC2CCCNC2)cn1. The summed E-state index contributed by atoms with van der Waals surface area (Å²) in [6, 6.07) is 3.59. The molecule has 1 amide bonds. The van der Waals surface area contributed by atoms with Crippen LogP contribution < -0.4 is 15.4 Å². The van der Waals surface area contributed by atoms with Gasteiger partial charge in [0.1, 0.15) is 0 Å². The standard InChI is InChI=1S/C15H23N3O2/c1-2-20-15-8-6-13(11-17-15)18-14(19)7-5-12-4-3-9-16-10-12/h6,8,11-12,16H,2-5,7,9-10H2,1H3,(H,18,19). The topological polar surface area (TPSA) is 63.2 Å². The van der Waals surface area contributed by atoms with Gasteiger partial charge in [0.25, 0.3) is 0 Å². The van der Waals surface area contributed by atoms with Crippen molar-refractivity contribution in [3.05, 3.63) is 18.3 Å². The summed E-state index contributed by atoms with van der Waals surface area (Å²) in [5.74, 6) is 1.27. The number of hydrogen-bond donors (Lipinski definition) is 2. The van der Waals surface area contributed by atoms with E-state index in [0.717, 1.165) is 25.2 Å². The first-order valence-electron chi connectivity index (χ1n) is 7.37. The van der Waals surface area contributed by atoms with Crippen LogP contribution in [0.15, 0.2) is 18.3 Å². The molecule has 5 nitrogen and oxygen atoms in total. The predicted octanol–water partition coefficient (Wildman–Crippen LogP) is 2.20. The van der Waals surface area contributed by atoms with Gasteiger partial charge in [-0.3, -0.25) is 4.79 Å². The van der Waals surface area contributed by atoms with Gasteiger partial charge >= 0.3 is 0 Å². The number of nitrogens with zero attached hydrogens (tertiary/aromatic N) is 1. The predicted molar refractivity (Wildman–Crippen MR) is 78.9 cm³/mol. The molecule has 1 atom stereocenters. The maximum Gasteiger partial charge on any atom is 0.224 e. The number of pyridine rings is 1. The van der Waals surface area contributed by atoms with Crippen LogP contribution in [0.5, 0.6) is 5.88 Å². The summed E-state index contributed by atoms with van der Waals surface area (Å²) in [7, 11) is 0. The number of anilines is 1. The van der Waals surface area contributed by atoms with Crippen LogP contribution in [0.2, 0.25) is 0 Å². The van der Waals surface area contributed by atoms with E-state index in [1.54, 1.807) is 12.3 Å². The monoisotopic (exact) mass is 277 g/mol. The molecule has 1 aromatic heterocycles. The van der Waals surface area contributed by atoms with Crippen molar-refractivity contribution in [1.29, 1.82) is 0 Å². The van der Waals surface area contributed by atoms with Crippen molar-refractivity contribution in [3.8, 4) is 5.88 Å². The molecule has 0 aromatic carbocycles. The molecule has 0 bridgehead atoms. The minimum atomic E-state index is 0.0570. The number of rotatable bonds is 6. The molecule has 1 saturated heterocycles. The molecule has 1 aliphatic heterocycles. The molecular weight excluding hydrogens is 254 g/mol. The number of piperidine rings is 1. The Bertz CT molecular complexity index is 414. The van der Waals surface area contributed by atoms with Crippen LogP contribution in [0.25, 0.3) is 0 Å². The summed E-state index contributed by atoms with van der Waals surface area (Å²) in [5, 5.41) is 6.24. The highest BCUT2D eigenvalue weighted by Crippen LogP contribution is 2.17. The average molecular weight is 277 g/mol. The van der Waals surface area contributed by atoms with Gasteiger partial charge in [-0.25, -0.2) is 4.98 Å². The fourth-order valence-corrected chi connectivity index (χ4v) is 2.42. The number of aromatic nitrogens is 1. The fraction of sp³-hybridized carbons (Fsp3) is 0.600. The molecule has 1 aromatic rings. The third kappa shape index (κ3) is 4.81. The van der Waals surface area contributed by atoms with Crippen molar-refractivity contribution in [2.45, 2.75) is 32.6 Å². The molecule has 2 rings (SSSR count). The normalized spacial score (nSPS) is 18.6. The third-order valence-electron chi connectivity index (χ3n) is 3.49.